The van der Waals surface area contributed by atoms with Gasteiger partial charge in [-0.1, -0.05) is 41.6 Å². The Morgan fingerprint density at radius 2 is 1.67 bits per heavy atom. The van der Waals surface area contributed by atoms with Gasteiger partial charge in [0.05, 0.1) is 31.1 Å². The highest BCUT2D eigenvalue weighted by Crippen LogP contribution is 2.32. The number of likely N-dealkylation sites (tertiary alicyclic amines) is 1. The molecule has 4 amide bonds. The summed E-state index contributed by atoms with van der Waals surface area (Å²) in [5.41, 5.74) is 1.67. The molecule has 4 heterocycles. The normalized spacial score (nSPS) is 19.1. The first-order valence-corrected chi connectivity index (χ1v) is 17.5. The van der Waals surface area contributed by atoms with Crippen molar-refractivity contribution >= 4 is 23.6 Å². The van der Waals surface area contributed by atoms with E-state index in [-0.39, 0.29) is 42.5 Å². The summed E-state index contributed by atoms with van der Waals surface area (Å²) >= 11 is 0. The number of ether oxygens (including phenoxy) is 2. The van der Waals surface area contributed by atoms with Crippen molar-refractivity contribution in [3.63, 3.8) is 0 Å². The Morgan fingerprint density at radius 1 is 0.904 bits per heavy atom. The summed E-state index contributed by atoms with van der Waals surface area (Å²) in [5, 5.41) is 14.1. The Balaban J connectivity index is 1.21. The fourth-order valence-corrected chi connectivity index (χ4v) is 6.44. The zero-order valence-electron chi connectivity index (χ0n) is 29.0. The largest absolute Gasteiger partial charge is 0.493 e. The monoisotopic (exact) mass is 711 g/mol. The van der Waals surface area contributed by atoms with E-state index >= 15 is 0 Å². The maximum absolute atomic E-state index is 14.5. The molecule has 0 saturated carbocycles. The minimum Gasteiger partial charge on any atom is -0.493 e. The number of aromatic nitrogens is 3. The Labute approximate surface area is 301 Å². The van der Waals surface area contributed by atoms with E-state index in [4.69, 9.17) is 9.47 Å². The summed E-state index contributed by atoms with van der Waals surface area (Å²) in [6.07, 6.45) is 3.46. The van der Waals surface area contributed by atoms with Crippen molar-refractivity contribution in [2.24, 2.45) is 0 Å². The van der Waals surface area contributed by atoms with Gasteiger partial charge in [-0.25, -0.2) is 9.07 Å². The fraction of sp³-hybridized carbons (Fsp3) is 0.368. The maximum Gasteiger partial charge on any atom is 0.276 e. The molecule has 272 valence electrons. The van der Waals surface area contributed by atoms with Crippen LogP contribution < -0.4 is 20.1 Å². The summed E-state index contributed by atoms with van der Waals surface area (Å²) in [7, 11) is 1.53. The second-order valence-corrected chi connectivity index (χ2v) is 12.8. The number of para-hydroxylation sites is 1. The van der Waals surface area contributed by atoms with Gasteiger partial charge in [-0.2, -0.15) is 0 Å². The Hall–Kier alpha value is -5.79. The minimum atomic E-state index is -0.847. The van der Waals surface area contributed by atoms with Crippen LogP contribution in [0, 0.1) is 5.82 Å². The Bertz CT molecular complexity index is 1890. The highest BCUT2D eigenvalue weighted by atomic mass is 19.1. The summed E-state index contributed by atoms with van der Waals surface area (Å²) < 4.78 is 28.0. The number of aryl methyl sites for hydroxylation is 1. The number of carbonyl (C=O) groups is 4. The van der Waals surface area contributed by atoms with Crippen molar-refractivity contribution in [2.45, 2.75) is 50.7 Å². The molecule has 13 nitrogen and oxygen atoms in total. The van der Waals surface area contributed by atoms with E-state index in [0.717, 1.165) is 11.3 Å². The molecule has 4 bridgehead atoms. The summed E-state index contributed by atoms with van der Waals surface area (Å²) in [6.45, 7) is 1.41. The molecular weight excluding hydrogens is 669 g/mol. The van der Waals surface area contributed by atoms with Gasteiger partial charge in [0.1, 0.15) is 18.0 Å². The zero-order valence-corrected chi connectivity index (χ0v) is 29.0. The van der Waals surface area contributed by atoms with Crippen molar-refractivity contribution in [3.8, 4) is 17.2 Å². The molecular formula is C38H42FN7O6. The Kier molecular flexibility index (Phi) is 11.7. The average Bonchev–Trinajstić information content (AvgIpc) is 3.83. The number of hydrogen-bond acceptors (Lipinski definition) is 8. The highest BCUT2D eigenvalue weighted by molar-refractivity contribution is 5.96. The molecule has 2 N–H and O–H groups in total. The molecule has 3 aromatic carbocycles. The molecule has 2 atom stereocenters. The standard InChI is InChI=1S/C38H42FN7O6/c1-51-34-22-26-14-16-33(34)52-28-23-32(45(24-28)38(50)31-25-46(43-42-31)27-10-3-2-4-11-27)36(48)41-18-7-8-20-44(21-9-19-40-35(47)17-15-26)37(49)29-12-5-6-13-30(29)39/h2-6,10-14,16,22,25,28,32H,7-9,15,17-21,23-24H2,1H3,(H,40,47)(H,41,48)/t28-,32-/m0/s1. The third kappa shape index (κ3) is 8.74. The van der Waals surface area contributed by atoms with Crippen molar-refractivity contribution in [1.29, 1.82) is 0 Å². The molecule has 1 fully saturated rings. The molecule has 3 aliphatic heterocycles. The number of halogens is 1. The van der Waals surface area contributed by atoms with Gasteiger partial charge in [-0.05, 0) is 67.6 Å². The van der Waals surface area contributed by atoms with Crippen LogP contribution in [0.15, 0.2) is 79.0 Å². The average molecular weight is 712 g/mol. The van der Waals surface area contributed by atoms with Crippen LogP contribution in [0.4, 0.5) is 4.39 Å². The van der Waals surface area contributed by atoms with Crippen molar-refractivity contribution in [3.05, 3.63) is 102 Å². The first-order chi connectivity index (χ1) is 25.3. The van der Waals surface area contributed by atoms with Crippen LogP contribution in [0.2, 0.25) is 0 Å². The lowest BCUT2D eigenvalue weighted by atomic mass is 10.1. The van der Waals surface area contributed by atoms with Crippen molar-refractivity contribution in [1.82, 2.24) is 35.4 Å². The summed E-state index contributed by atoms with van der Waals surface area (Å²) in [6, 6.07) is 19.7. The van der Waals surface area contributed by atoms with Gasteiger partial charge < -0.3 is 29.9 Å². The number of rotatable bonds is 4. The second-order valence-electron chi connectivity index (χ2n) is 12.8. The number of nitrogens with one attached hydrogen (secondary N) is 2. The fourth-order valence-electron chi connectivity index (χ4n) is 6.44. The van der Waals surface area contributed by atoms with E-state index in [2.05, 4.69) is 20.9 Å². The number of carbonyl (C=O) groups excluding carboxylic acids is 4. The third-order valence-electron chi connectivity index (χ3n) is 9.19. The summed E-state index contributed by atoms with van der Waals surface area (Å²) in [4.78, 5) is 56.6. The lowest BCUT2D eigenvalue weighted by Gasteiger charge is -2.24. The molecule has 1 aromatic heterocycles. The highest BCUT2D eigenvalue weighted by Gasteiger charge is 2.42. The predicted octanol–water partition coefficient (Wildman–Crippen LogP) is 3.57. The van der Waals surface area contributed by atoms with E-state index in [1.807, 2.05) is 42.5 Å². The minimum absolute atomic E-state index is 0.0192. The van der Waals surface area contributed by atoms with Gasteiger partial charge >= 0.3 is 0 Å². The second kappa shape index (κ2) is 16.9. The van der Waals surface area contributed by atoms with E-state index in [0.29, 0.717) is 63.4 Å². The van der Waals surface area contributed by atoms with E-state index < -0.39 is 29.8 Å². The number of benzene rings is 3. The van der Waals surface area contributed by atoms with Crippen molar-refractivity contribution in [2.75, 3.05) is 39.8 Å². The SMILES string of the molecule is COc1cc2ccc1O[C@H]1C[C@@H](C(=O)NCCCCN(C(=O)c3ccccc3F)CCCNC(=O)CC2)N(C(=O)c2cn(-c3ccccc3)nn2)C1. The molecule has 1 saturated heterocycles. The maximum atomic E-state index is 14.5. The smallest absolute Gasteiger partial charge is 0.276 e. The molecule has 7 rings (SSSR count). The number of hydrogen-bond donors (Lipinski definition) is 2. The van der Waals surface area contributed by atoms with E-state index in [1.165, 1.54) is 41.1 Å². The number of methoxy groups -OCH3 is 1. The predicted molar refractivity (Wildman–Crippen MR) is 189 cm³/mol. The first-order valence-electron chi connectivity index (χ1n) is 17.5. The van der Waals surface area contributed by atoms with Gasteiger partial charge in [0, 0.05) is 39.0 Å². The van der Waals surface area contributed by atoms with E-state index in [1.54, 1.807) is 17.0 Å². The molecule has 0 unspecified atom stereocenters. The Morgan fingerprint density at radius 3 is 2.48 bits per heavy atom. The molecule has 3 aliphatic rings. The summed E-state index contributed by atoms with van der Waals surface area (Å²) in [5.74, 6) is -1.03. The van der Waals surface area contributed by atoms with Gasteiger partial charge in [0.15, 0.2) is 17.2 Å². The lowest BCUT2D eigenvalue weighted by Crippen LogP contribution is -2.46. The van der Waals surface area contributed by atoms with Crippen LogP contribution in [-0.4, -0.2) is 100 Å². The number of nitrogens with zero attached hydrogens (tertiary/aromatic N) is 5. The third-order valence-corrected chi connectivity index (χ3v) is 9.19. The van der Waals surface area contributed by atoms with Crippen LogP contribution in [0.1, 0.15) is 58.5 Å². The van der Waals surface area contributed by atoms with Crippen molar-refractivity contribution < 1.29 is 33.0 Å². The molecule has 4 aromatic rings. The van der Waals surface area contributed by atoms with Gasteiger partial charge in [-0.3, -0.25) is 19.2 Å². The van der Waals surface area contributed by atoms with Crippen LogP contribution in [0.5, 0.6) is 11.5 Å². The van der Waals surface area contributed by atoms with Gasteiger partial charge in [0.25, 0.3) is 11.8 Å². The molecule has 14 heteroatoms. The van der Waals surface area contributed by atoms with Gasteiger partial charge in [0.2, 0.25) is 11.8 Å². The van der Waals surface area contributed by atoms with Crippen LogP contribution >= 0.6 is 0 Å². The van der Waals surface area contributed by atoms with E-state index in [9.17, 15) is 23.6 Å². The molecule has 0 aliphatic carbocycles. The zero-order chi connectivity index (χ0) is 36.5. The molecule has 52 heavy (non-hydrogen) atoms. The topological polar surface area (TPSA) is 148 Å². The quantitative estimate of drug-likeness (QED) is 0.327. The lowest BCUT2D eigenvalue weighted by molar-refractivity contribution is -0.125. The van der Waals surface area contributed by atoms with Gasteiger partial charge in [-0.15, -0.1) is 5.10 Å². The number of amides is 4. The number of fused-ring (bicyclic) bond motifs is 15. The van der Waals surface area contributed by atoms with Crippen LogP contribution in [-0.2, 0) is 16.0 Å². The van der Waals surface area contributed by atoms with Crippen LogP contribution in [0.25, 0.3) is 5.69 Å². The molecule has 0 radical (unpaired) electrons. The molecule has 0 spiro atoms. The first kappa shape index (κ1) is 36.0. The van der Waals surface area contributed by atoms with Crippen LogP contribution in [0.3, 0.4) is 0 Å².